The van der Waals surface area contributed by atoms with E-state index in [4.69, 9.17) is 10.7 Å². The number of piperidine rings is 1. The van der Waals surface area contributed by atoms with E-state index in [-0.39, 0.29) is 0 Å². The van der Waals surface area contributed by atoms with Crippen molar-refractivity contribution in [2.45, 2.75) is 25.3 Å². The van der Waals surface area contributed by atoms with Crippen molar-refractivity contribution in [2.24, 2.45) is 5.73 Å². The third kappa shape index (κ3) is 3.39. The van der Waals surface area contributed by atoms with Crippen molar-refractivity contribution < 1.29 is 4.79 Å². The number of amides is 1. The lowest BCUT2D eigenvalue weighted by atomic mass is 9.96. The predicted octanol–water partition coefficient (Wildman–Crippen LogP) is 2.28. The summed E-state index contributed by atoms with van der Waals surface area (Å²) >= 11 is 0. The number of nitrogens with one attached hydrogen (secondary N) is 2. The molecule has 0 spiro atoms. The van der Waals surface area contributed by atoms with Crippen LogP contribution in [0.2, 0.25) is 0 Å². The summed E-state index contributed by atoms with van der Waals surface area (Å²) in [5.41, 5.74) is 7.50. The zero-order chi connectivity index (χ0) is 17.9. The number of hydrogen-bond donors (Lipinski definition) is 3. The lowest BCUT2D eigenvalue weighted by Crippen LogP contribution is -2.33. The first-order valence-corrected chi connectivity index (χ1v) is 8.86. The summed E-state index contributed by atoms with van der Waals surface area (Å²) in [6.45, 7) is 2.77. The van der Waals surface area contributed by atoms with Crippen molar-refractivity contribution in [3.05, 3.63) is 60.1 Å². The van der Waals surface area contributed by atoms with Gasteiger partial charge in [0.15, 0.2) is 0 Å². The van der Waals surface area contributed by atoms with Gasteiger partial charge in [0.25, 0.3) is 5.91 Å². The van der Waals surface area contributed by atoms with Crippen LogP contribution in [0, 0.1) is 0 Å². The molecule has 3 heterocycles. The van der Waals surface area contributed by atoms with Gasteiger partial charge in [0.1, 0.15) is 23.0 Å². The molecule has 7 nitrogen and oxygen atoms in total. The summed E-state index contributed by atoms with van der Waals surface area (Å²) < 4.78 is 0. The third-order valence-corrected chi connectivity index (χ3v) is 4.92. The molecule has 0 unspecified atom stereocenters. The summed E-state index contributed by atoms with van der Waals surface area (Å²) in [4.78, 5) is 29.6. The van der Waals surface area contributed by atoms with Gasteiger partial charge in [-0.15, -0.1) is 0 Å². The number of aromatic amines is 2. The molecule has 1 aliphatic heterocycles. The molecule has 3 aromatic rings. The maximum atomic E-state index is 11.9. The summed E-state index contributed by atoms with van der Waals surface area (Å²) in [7, 11) is 0. The molecule has 134 valence electrons. The topological polar surface area (TPSA) is 104 Å². The van der Waals surface area contributed by atoms with E-state index in [1.807, 2.05) is 36.5 Å². The van der Waals surface area contributed by atoms with Crippen LogP contribution < -0.4 is 5.73 Å². The Hall–Kier alpha value is -2.93. The van der Waals surface area contributed by atoms with E-state index in [1.165, 1.54) is 0 Å². The first-order valence-electron chi connectivity index (χ1n) is 8.86. The number of benzene rings is 1. The number of imidazole rings is 2. The minimum Gasteiger partial charge on any atom is -0.364 e. The summed E-state index contributed by atoms with van der Waals surface area (Å²) in [5, 5.41) is 0. The highest BCUT2D eigenvalue weighted by atomic mass is 16.1. The minimum atomic E-state index is -0.474. The minimum absolute atomic E-state index is 0.304. The van der Waals surface area contributed by atoms with Gasteiger partial charge in [-0.25, -0.2) is 9.97 Å². The summed E-state index contributed by atoms with van der Waals surface area (Å²) in [6, 6.07) is 9.69. The van der Waals surface area contributed by atoms with Crippen molar-refractivity contribution >= 4 is 5.91 Å². The van der Waals surface area contributed by atoms with Crippen LogP contribution in [-0.2, 0) is 6.54 Å². The molecule has 0 atom stereocenters. The van der Waals surface area contributed by atoms with E-state index in [0.717, 1.165) is 49.7 Å². The molecule has 4 N–H and O–H groups in total. The Labute approximate surface area is 151 Å². The molecule has 1 aromatic carbocycles. The van der Waals surface area contributed by atoms with Gasteiger partial charge in [-0.3, -0.25) is 9.69 Å². The molecule has 1 fully saturated rings. The van der Waals surface area contributed by atoms with E-state index in [1.54, 1.807) is 6.20 Å². The zero-order valence-corrected chi connectivity index (χ0v) is 14.5. The number of nitrogens with two attached hydrogens (primary N) is 1. The molecule has 26 heavy (non-hydrogen) atoms. The number of likely N-dealkylation sites (tertiary alicyclic amines) is 1. The van der Waals surface area contributed by atoms with E-state index in [9.17, 15) is 4.79 Å². The van der Waals surface area contributed by atoms with Gasteiger partial charge in [-0.2, -0.15) is 0 Å². The fraction of sp³-hybridized carbons (Fsp3) is 0.316. The van der Waals surface area contributed by atoms with Crippen LogP contribution in [-0.4, -0.2) is 43.8 Å². The first-order chi connectivity index (χ1) is 12.7. The Bertz CT molecular complexity index is 863. The molecule has 1 aliphatic rings. The molecular formula is C19H22N6O. The van der Waals surface area contributed by atoms with E-state index < -0.39 is 5.91 Å². The maximum absolute atomic E-state index is 11.9. The molecule has 0 bridgehead atoms. The van der Waals surface area contributed by atoms with E-state index in [0.29, 0.717) is 17.3 Å². The number of nitrogens with zero attached hydrogens (tertiary/aromatic N) is 3. The normalized spacial score (nSPS) is 16.0. The highest BCUT2D eigenvalue weighted by Crippen LogP contribution is 2.30. The van der Waals surface area contributed by atoms with Crippen LogP contribution in [0.15, 0.2) is 42.7 Å². The predicted molar refractivity (Wildman–Crippen MR) is 98.4 cm³/mol. The van der Waals surface area contributed by atoms with Crippen molar-refractivity contribution in [3.8, 4) is 11.3 Å². The standard InChI is InChI=1S/C19H22N6O/c20-18(26)17-16(13-4-2-1-3-5-13)23-19(24-17)14-6-10-25(11-7-14)12-15-21-8-9-22-15/h1-5,8-9,14H,6-7,10-12H2,(H2,20,26)(H,21,22)(H,23,24). The largest absolute Gasteiger partial charge is 0.364 e. The number of carbonyl (C=O) groups is 1. The van der Waals surface area contributed by atoms with Crippen LogP contribution in [0.3, 0.4) is 0 Å². The van der Waals surface area contributed by atoms with Crippen LogP contribution in [0.5, 0.6) is 0 Å². The first kappa shape index (κ1) is 16.5. The Morgan fingerprint density at radius 2 is 2.00 bits per heavy atom. The Kier molecular flexibility index (Phi) is 4.53. The van der Waals surface area contributed by atoms with Gasteiger partial charge >= 0.3 is 0 Å². The number of carbonyl (C=O) groups excluding carboxylic acids is 1. The Morgan fingerprint density at radius 1 is 1.23 bits per heavy atom. The van der Waals surface area contributed by atoms with Gasteiger partial charge in [0.05, 0.1) is 6.54 Å². The van der Waals surface area contributed by atoms with Gasteiger partial charge in [0, 0.05) is 23.9 Å². The SMILES string of the molecule is NC(=O)c1[nH]c(C2CCN(Cc3ncc[nH]3)CC2)nc1-c1ccccc1. The number of rotatable bonds is 5. The molecule has 1 amide bonds. The zero-order valence-electron chi connectivity index (χ0n) is 14.5. The van der Waals surface area contributed by atoms with Crippen molar-refractivity contribution in [3.63, 3.8) is 0 Å². The smallest absolute Gasteiger partial charge is 0.267 e. The number of primary amides is 1. The second kappa shape index (κ2) is 7.13. The van der Waals surface area contributed by atoms with Crippen molar-refractivity contribution in [1.82, 2.24) is 24.8 Å². The molecule has 0 radical (unpaired) electrons. The molecule has 0 saturated carbocycles. The highest BCUT2D eigenvalue weighted by Gasteiger charge is 2.26. The van der Waals surface area contributed by atoms with E-state index >= 15 is 0 Å². The Morgan fingerprint density at radius 3 is 2.65 bits per heavy atom. The summed E-state index contributed by atoms with van der Waals surface area (Å²) in [5.74, 6) is 1.68. The maximum Gasteiger partial charge on any atom is 0.267 e. The molecule has 2 aromatic heterocycles. The second-order valence-electron chi connectivity index (χ2n) is 6.66. The van der Waals surface area contributed by atoms with E-state index in [2.05, 4.69) is 19.9 Å². The lowest BCUT2D eigenvalue weighted by molar-refractivity contribution is 0.0996. The van der Waals surface area contributed by atoms with Crippen LogP contribution >= 0.6 is 0 Å². The van der Waals surface area contributed by atoms with Crippen LogP contribution in [0.25, 0.3) is 11.3 Å². The number of H-pyrrole nitrogens is 2. The molecular weight excluding hydrogens is 328 g/mol. The van der Waals surface area contributed by atoms with Crippen molar-refractivity contribution in [1.29, 1.82) is 0 Å². The average molecular weight is 350 g/mol. The molecule has 1 saturated heterocycles. The monoisotopic (exact) mass is 350 g/mol. The number of hydrogen-bond acceptors (Lipinski definition) is 4. The average Bonchev–Trinajstić information content (AvgIpc) is 3.33. The van der Waals surface area contributed by atoms with Gasteiger partial charge in [-0.1, -0.05) is 30.3 Å². The van der Waals surface area contributed by atoms with Crippen LogP contribution in [0.4, 0.5) is 0 Å². The fourth-order valence-corrected chi connectivity index (χ4v) is 3.53. The number of aromatic nitrogens is 4. The Balaban J connectivity index is 1.49. The lowest BCUT2D eigenvalue weighted by Gasteiger charge is -2.30. The van der Waals surface area contributed by atoms with Crippen molar-refractivity contribution in [2.75, 3.05) is 13.1 Å². The van der Waals surface area contributed by atoms with Gasteiger partial charge in [-0.05, 0) is 25.9 Å². The highest BCUT2D eigenvalue weighted by molar-refractivity contribution is 5.97. The fourth-order valence-electron chi connectivity index (χ4n) is 3.53. The quantitative estimate of drug-likeness (QED) is 0.656. The van der Waals surface area contributed by atoms with Gasteiger partial charge in [0.2, 0.25) is 0 Å². The molecule has 7 heteroatoms. The van der Waals surface area contributed by atoms with Gasteiger partial charge < -0.3 is 15.7 Å². The third-order valence-electron chi connectivity index (χ3n) is 4.92. The van der Waals surface area contributed by atoms with Crippen LogP contribution in [0.1, 0.15) is 40.9 Å². The second-order valence-corrected chi connectivity index (χ2v) is 6.66. The molecule has 0 aliphatic carbocycles. The summed E-state index contributed by atoms with van der Waals surface area (Å²) in [6.07, 6.45) is 5.60. The molecule has 4 rings (SSSR count).